The topological polar surface area (TPSA) is 35.5 Å². The summed E-state index contributed by atoms with van der Waals surface area (Å²) >= 11 is 3.38. The van der Waals surface area contributed by atoms with Crippen LogP contribution in [0.2, 0.25) is 0 Å². The molecule has 2 atom stereocenters. The molecule has 1 aliphatic heterocycles. The van der Waals surface area contributed by atoms with Crippen molar-refractivity contribution in [3.8, 4) is 0 Å². The molecule has 0 N–H and O–H groups in total. The molecular formula is C24H27BrO3. The number of hydrogen-bond acceptors (Lipinski definition) is 3. The molecule has 148 valence electrons. The van der Waals surface area contributed by atoms with E-state index < -0.39 is 0 Å². The second-order valence-corrected chi connectivity index (χ2v) is 8.21. The van der Waals surface area contributed by atoms with Crippen LogP contribution in [0.15, 0.2) is 59.1 Å². The minimum absolute atomic E-state index is 0.0253. The Morgan fingerprint density at radius 1 is 1.18 bits per heavy atom. The summed E-state index contributed by atoms with van der Waals surface area (Å²) < 4.78 is 12.6. The number of benzene rings is 2. The number of aryl methyl sites for hydroxylation is 1. The Hall–Kier alpha value is -1.91. The second-order valence-electron chi connectivity index (χ2n) is 7.30. The Balaban J connectivity index is 1.68. The van der Waals surface area contributed by atoms with Crippen molar-refractivity contribution < 1.29 is 14.3 Å². The van der Waals surface area contributed by atoms with Gasteiger partial charge in [-0.05, 0) is 55.2 Å². The van der Waals surface area contributed by atoms with Gasteiger partial charge in [0.2, 0.25) is 0 Å². The molecule has 2 aromatic rings. The predicted octanol–water partition coefficient (Wildman–Crippen LogP) is 6.20. The predicted molar refractivity (Wildman–Crippen MR) is 116 cm³/mol. The van der Waals surface area contributed by atoms with Crippen molar-refractivity contribution in [1.82, 2.24) is 0 Å². The van der Waals surface area contributed by atoms with E-state index in [1.165, 1.54) is 16.7 Å². The molecule has 28 heavy (non-hydrogen) atoms. The van der Waals surface area contributed by atoms with Crippen LogP contribution in [-0.2, 0) is 9.47 Å². The van der Waals surface area contributed by atoms with E-state index in [4.69, 9.17) is 9.47 Å². The third-order valence-corrected chi connectivity index (χ3v) is 5.63. The first-order valence-corrected chi connectivity index (χ1v) is 10.7. The maximum atomic E-state index is 12.4. The first kappa shape index (κ1) is 20.8. The van der Waals surface area contributed by atoms with Crippen LogP contribution in [0.4, 0.5) is 0 Å². The van der Waals surface area contributed by atoms with E-state index in [2.05, 4.69) is 60.1 Å². The minimum atomic E-state index is -0.285. The number of carbonyl (C=O) groups excluding carboxylic acids is 1. The summed E-state index contributed by atoms with van der Waals surface area (Å²) in [6, 6.07) is 15.9. The smallest absolute Gasteiger partial charge is 0.338 e. The summed E-state index contributed by atoms with van der Waals surface area (Å²) in [4.78, 5) is 12.4. The highest BCUT2D eigenvalue weighted by Crippen LogP contribution is 2.29. The fourth-order valence-corrected chi connectivity index (χ4v) is 3.74. The van der Waals surface area contributed by atoms with Gasteiger partial charge in [0, 0.05) is 10.4 Å². The number of hydrogen-bond donors (Lipinski definition) is 0. The van der Waals surface area contributed by atoms with Crippen molar-refractivity contribution >= 4 is 27.5 Å². The van der Waals surface area contributed by atoms with Crippen molar-refractivity contribution in [3.63, 3.8) is 0 Å². The van der Waals surface area contributed by atoms with E-state index in [-0.39, 0.29) is 18.0 Å². The highest BCUT2D eigenvalue weighted by molar-refractivity contribution is 9.10. The summed E-state index contributed by atoms with van der Waals surface area (Å²) in [6.45, 7) is 5.31. The molecule has 1 aliphatic rings. The lowest BCUT2D eigenvalue weighted by atomic mass is 9.91. The fraction of sp³-hybridized carbons (Fsp3) is 0.375. The van der Waals surface area contributed by atoms with Crippen LogP contribution in [0.25, 0.3) is 5.57 Å². The van der Waals surface area contributed by atoms with E-state index in [1.807, 2.05) is 12.1 Å². The first-order chi connectivity index (χ1) is 13.6. The van der Waals surface area contributed by atoms with Gasteiger partial charge in [-0.2, -0.15) is 0 Å². The maximum absolute atomic E-state index is 12.4. The van der Waals surface area contributed by atoms with Crippen LogP contribution in [0.5, 0.6) is 0 Å². The molecular weight excluding hydrogens is 416 g/mol. The number of halogens is 1. The van der Waals surface area contributed by atoms with Crippen molar-refractivity contribution in [2.75, 3.05) is 13.2 Å². The van der Waals surface area contributed by atoms with Gasteiger partial charge in [0.15, 0.2) is 0 Å². The zero-order valence-electron chi connectivity index (χ0n) is 16.5. The van der Waals surface area contributed by atoms with Crippen molar-refractivity contribution in [2.24, 2.45) is 5.92 Å². The lowest BCUT2D eigenvalue weighted by molar-refractivity contribution is 0.00108. The number of carbonyl (C=O) groups is 1. The zero-order valence-corrected chi connectivity index (χ0v) is 18.1. The SMILES string of the molecule is CCC[C@@H](COC(=O)c1ccc(Br)cc1)[C@H]1C=C(c2ccc(C)cc2)CCO1. The normalized spacial score (nSPS) is 17.7. The summed E-state index contributed by atoms with van der Waals surface area (Å²) in [5, 5.41) is 0. The highest BCUT2D eigenvalue weighted by Gasteiger charge is 2.25. The van der Waals surface area contributed by atoms with Gasteiger partial charge < -0.3 is 9.47 Å². The average molecular weight is 443 g/mol. The van der Waals surface area contributed by atoms with Gasteiger partial charge in [0.05, 0.1) is 24.9 Å². The van der Waals surface area contributed by atoms with Crippen LogP contribution >= 0.6 is 15.9 Å². The Labute approximate surface area is 175 Å². The van der Waals surface area contributed by atoms with Gasteiger partial charge in [-0.25, -0.2) is 4.79 Å². The summed E-state index contributed by atoms with van der Waals surface area (Å²) in [7, 11) is 0. The molecule has 0 fully saturated rings. The first-order valence-electron chi connectivity index (χ1n) is 9.89. The molecule has 0 spiro atoms. The minimum Gasteiger partial charge on any atom is -0.462 e. The van der Waals surface area contributed by atoms with Gasteiger partial charge in [-0.1, -0.05) is 65.2 Å². The molecule has 0 unspecified atom stereocenters. The Kier molecular flexibility index (Phi) is 7.46. The standard InChI is InChI=1S/C24H27BrO3/c1-3-4-21(16-28-24(26)19-9-11-22(25)12-10-19)23-15-20(13-14-27-23)18-7-5-17(2)6-8-18/h5-12,15,21,23H,3-4,13-14,16H2,1-2H3/t21-,23+/m0/s1. The Bertz CT molecular complexity index is 809. The molecule has 0 radical (unpaired) electrons. The quantitative estimate of drug-likeness (QED) is 0.478. The van der Waals surface area contributed by atoms with Gasteiger partial charge in [-0.15, -0.1) is 0 Å². The van der Waals surface area contributed by atoms with Gasteiger partial charge in [-0.3, -0.25) is 0 Å². The highest BCUT2D eigenvalue weighted by atomic mass is 79.9. The van der Waals surface area contributed by atoms with Crippen molar-refractivity contribution in [1.29, 1.82) is 0 Å². The molecule has 3 nitrogen and oxygen atoms in total. The maximum Gasteiger partial charge on any atom is 0.338 e. The van der Waals surface area contributed by atoms with Gasteiger partial charge in [0.1, 0.15) is 0 Å². The lowest BCUT2D eigenvalue weighted by Crippen LogP contribution is -2.30. The lowest BCUT2D eigenvalue weighted by Gasteiger charge is -2.29. The Morgan fingerprint density at radius 2 is 1.89 bits per heavy atom. The fourth-order valence-electron chi connectivity index (χ4n) is 3.48. The third kappa shape index (κ3) is 5.55. The molecule has 0 amide bonds. The van der Waals surface area contributed by atoms with E-state index in [1.54, 1.807) is 12.1 Å². The van der Waals surface area contributed by atoms with Crippen LogP contribution in [0, 0.1) is 12.8 Å². The molecule has 0 aromatic heterocycles. The molecule has 4 heteroatoms. The van der Waals surface area contributed by atoms with Crippen LogP contribution < -0.4 is 0 Å². The molecule has 1 heterocycles. The van der Waals surface area contributed by atoms with E-state index in [9.17, 15) is 4.79 Å². The van der Waals surface area contributed by atoms with Crippen LogP contribution in [0.3, 0.4) is 0 Å². The summed E-state index contributed by atoms with van der Waals surface area (Å²) in [6.07, 6.45) is 5.09. The molecule has 3 rings (SSSR count). The van der Waals surface area contributed by atoms with E-state index in [0.29, 0.717) is 18.8 Å². The third-order valence-electron chi connectivity index (χ3n) is 5.10. The van der Waals surface area contributed by atoms with Crippen molar-refractivity contribution in [3.05, 3.63) is 75.8 Å². The van der Waals surface area contributed by atoms with Crippen LogP contribution in [0.1, 0.15) is 47.7 Å². The van der Waals surface area contributed by atoms with E-state index in [0.717, 1.165) is 23.7 Å². The van der Waals surface area contributed by atoms with Gasteiger partial charge >= 0.3 is 5.97 Å². The zero-order chi connectivity index (χ0) is 19.9. The number of esters is 1. The molecule has 0 saturated carbocycles. The number of rotatable bonds is 7. The average Bonchev–Trinajstić information content (AvgIpc) is 2.72. The van der Waals surface area contributed by atoms with Crippen LogP contribution in [-0.4, -0.2) is 25.3 Å². The molecule has 0 aliphatic carbocycles. The molecule has 2 aromatic carbocycles. The second kappa shape index (κ2) is 10.0. The number of ether oxygens (including phenoxy) is 2. The molecule has 0 saturated heterocycles. The largest absolute Gasteiger partial charge is 0.462 e. The molecule has 0 bridgehead atoms. The monoisotopic (exact) mass is 442 g/mol. The van der Waals surface area contributed by atoms with Gasteiger partial charge in [0.25, 0.3) is 0 Å². The summed E-state index contributed by atoms with van der Waals surface area (Å²) in [5.74, 6) is -0.128. The Morgan fingerprint density at radius 3 is 2.57 bits per heavy atom. The van der Waals surface area contributed by atoms with Crippen molar-refractivity contribution in [2.45, 2.75) is 39.2 Å². The van der Waals surface area contributed by atoms with E-state index >= 15 is 0 Å². The summed E-state index contributed by atoms with van der Waals surface area (Å²) in [5.41, 5.74) is 4.40.